The molecule has 0 radical (unpaired) electrons. The van der Waals surface area contributed by atoms with E-state index in [1.165, 1.54) is 6.07 Å². The number of ether oxygens (including phenoxy) is 2. The Bertz CT molecular complexity index is 1120. The minimum atomic E-state index is -4.89. The maximum absolute atomic E-state index is 12.9. The van der Waals surface area contributed by atoms with Gasteiger partial charge in [-0.05, 0) is 72.8 Å². The molecule has 186 valence electrons. The van der Waals surface area contributed by atoms with Gasteiger partial charge in [-0.3, -0.25) is 4.79 Å². The van der Waals surface area contributed by atoms with Gasteiger partial charge in [-0.2, -0.15) is 0 Å². The van der Waals surface area contributed by atoms with Crippen LogP contribution in [0.1, 0.15) is 53.9 Å². The predicted octanol–water partition coefficient (Wildman–Crippen LogP) is 5.23. The monoisotopic (exact) mass is 489 g/mol. The van der Waals surface area contributed by atoms with E-state index in [1.807, 2.05) is 17.0 Å². The molecule has 9 heteroatoms. The normalized spacial score (nSPS) is 23.3. The third-order valence-electron chi connectivity index (χ3n) is 7.54. The summed E-state index contributed by atoms with van der Waals surface area (Å²) in [7, 11) is 0. The number of benzene rings is 2. The van der Waals surface area contributed by atoms with Crippen LogP contribution in [0.5, 0.6) is 5.75 Å². The number of hydrogen-bond acceptors (Lipinski definition) is 4. The largest absolute Gasteiger partial charge is 0.573 e. The van der Waals surface area contributed by atoms with E-state index >= 15 is 0 Å². The molecule has 1 amide bonds. The van der Waals surface area contributed by atoms with Gasteiger partial charge in [0.05, 0.1) is 5.56 Å². The summed E-state index contributed by atoms with van der Waals surface area (Å²) in [6.07, 6.45) is -0.607. The number of carboxylic acids is 1. The summed E-state index contributed by atoms with van der Waals surface area (Å²) >= 11 is 0. The van der Waals surface area contributed by atoms with Gasteiger partial charge in [0.25, 0.3) is 5.91 Å². The summed E-state index contributed by atoms with van der Waals surface area (Å²) in [5.74, 6) is -1.24. The molecule has 3 fully saturated rings. The minimum absolute atomic E-state index is 0.0697. The summed E-state index contributed by atoms with van der Waals surface area (Å²) in [5.41, 5.74) is 1.65. The van der Waals surface area contributed by atoms with E-state index in [0.29, 0.717) is 31.2 Å². The van der Waals surface area contributed by atoms with E-state index in [2.05, 4.69) is 4.74 Å². The van der Waals surface area contributed by atoms with Gasteiger partial charge in [-0.15, -0.1) is 13.2 Å². The molecular formula is C26H26F3NO5. The molecule has 1 saturated carbocycles. The van der Waals surface area contributed by atoms with Crippen molar-refractivity contribution in [1.29, 1.82) is 0 Å². The molecule has 2 atom stereocenters. The number of likely N-dealkylation sites (tertiary alicyclic amines) is 1. The standard InChI is InChI=1S/C26H26F3NO5/c27-26(28,29)35-21-8-7-18(24(32)33)14-19(21)16-3-5-17(6-4-16)20-15-25(20)9-11-30(12-10-25)23(31)22-2-1-13-34-22/h3-8,14,20,22H,1-2,9-13,15H2,(H,32,33)/t20-,22?/m1/s1. The number of hydrogen-bond donors (Lipinski definition) is 1. The van der Waals surface area contributed by atoms with Crippen LogP contribution in [0.25, 0.3) is 11.1 Å². The highest BCUT2D eigenvalue weighted by molar-refractivity contribution is 5.90. The lowest BCUT2D eigenvalue weighted by Gasteiger charge is -2.34. The van der Waals surface area contributed by atoms with Gasteiger partial charge >= 0.3 is 12.3 Å². The lowest BCUT2D eigenvalue weighted by atomic mass is 9.88. The summed E-state index contributed by atoms with van der Waals surface area (Å²) < 4.78 is 48.3. The van der Waals surface area contributed by atoms with Gasteiger partial charge < -0.3 is 19.5 Å². The van der Waals surface area contributed by atoms with Crippen LogP contribution in [0.2, 0.25) is 0 Å². The number of halogens is 3. The predicted molar refractivity (Wildman–Crippen MR) is 120 cm³/mol. The van der Waals surface area contributed by atoms with Crippen LogP contribution < -0.4 is 4.74 Å². The van der Waals surface area contributed by atoms with Gasteiger partial charge in [0.15, 0.2) is 0 Å². The SMILES string of the molecule is O=C(O)c1ccc(OC(F)(F)F)c(-c2ccc([C@H]3CC34CCN(C(=O)C3CCCO3)CC4)cc2)c1. The van der Waals surface area contributed by atoms with Gasteiger partial charge in [0.2, 0.25) is 0 Å². The molecule has 0 bridgehead atoms. The van der Waals surface area contributed by atoms with E-state index in [0.717, 1.165) is 49.8 Å². The van der Waals surface area contributed by atoms with Crippen molar-refractivity contribution in [1.82, 2.24) is 4.90 Å². The molecule has 35 heavy (non-hydrogen) atoms. The quantitative estimate of drug-likeness (QED) is 0.623. The number of alkyl halides is 3. The molecule has 5 rings (SSSR count). The van der Waals surface area contributed by atoms with Gasteiger partial charge in [-0.25, -0.2) is 4.79 Å². The number of carbonyl (C=O) groups is 2. The second kappa shape index (κ2) is 8.86. The molecule has 2 aromatic rings. The number of amides is 1. The van der Waals surface area contributed by atoms with Crippen LogP contribution in [0.4, 0.5) is 13.2 Å². The van der Waals surface area contributed by atoms with Gasteiger partial charge in [0, 0.05) is 25.3 Å². The zero-order valence-electron chi connectivity index (χ0n) is 19.0. The molecule has 2 aromatic carbocycles. The Morgan fingerprint density at radius 3 is 2.40 bits per heavy atom. The smallest absolute Gasteiger partial charge is 0.478 e. The summed E-state index contributed by atoms with van der Waals surface area (Å²) in [4.78, 5) is 25.9. The highest BCUT2D eigenvalue weighted by Crippen LogP contribution is 2.65. The van der Waals surface area contributed by atoms with Crippen molar-refractivity contribution in [2.24, 2.45) is 5.41 Å². The molecule has 1 spiro atoms. The van der Waals surface area contributed by atoms with Crippen molar-refractivity contribution >= 4 is 11.9 Å². The van der Waals surface area contributed by atoms with Crippen LogP contribution in [-0.4, -0.2) is 54.0 Å². The van der Waals surface area contributed by atoms with Crippen molar-refractivity contribution in [2.45, 2.75) is 50.5 Å². The topological polar surface area (TPSA) is 76.1 Å². The molecule has 2 heterocycles. The van der Waals surface area contributed by atoms with Crippen LogP contribution in [0.3, 0.4) is 0 Å². The summed E-state index contributed by atoms with van der Waals surface area (Å²) in [6.45, 7) is 2.08. The van der Waals surface area contributed by atoms with Crippen molar-refractivity contribution in [3.05, 3.63) is 53.6 Å². The van der Waals surface area contributed by atoms with Crippen LogP contribution in [0.15, 0.2) is 42.5 Å². The fraction of sp³-hybridized carbons (Fsp3) is 0.462. The zero-order chi connectivity index (χ0) is 24.8. The third-order valence-corrected chi connectivity index (χ3v) is 7.54. The lowest BCUT2D eigenvalue weighted by Crippen LogP contribution is -2.44. The van der Waals surface area contributed by atoms with E-state index in [-0.39, 0.29) is 28.6 Å². The Morgan fingerprint density at radius 2 is 1.80 bits per heavy atom. The van der Waals surface area contributed by atoms with Crippen molar-refractivity contribution < 1.29 is 37.3 Å². The first kappa shape index (κ1) is 23.7. The number of carbonyl (C=O) groups excluding carboxylic acids is 1. The number of nitrogens with zero attached hydrogens (tertiary/aromatic N) is 1. The molecule has 2 aliphatic heterocycles. The summed E-state index contributed by atoms with van der Waals surface area (Å²) in [6, 6.07) is 10.5. The Labute approximate surface area is 200 Å². The molecule has 1 unspecified atom stereocenters. The zero-order valence-corrected chi connectivity index (χ0v) is 19.0. The maximum atomic E-state index is 12.9. The molecular weight excluding hydrogens is 463 g/mol. The molecule has 0 aromatic heterocycles. The van der Waals surface area contributed by atoms with Crippen molar-refractivity contribution in [2.75, 3.05) is 19.7 Å². The Kier molecular flexibility index (Phi) is 5.99. The minimum Gasteiger partial charge on any atom is -0.478 e. The second-order valence-corrected chi connectivity index (χ2v) is 9.63. The fourth-order valence-corrected chi connectivity index (χ4v) is 5.52. The second-order valence-electron chi connectivity index (χ2n) is 9.63. The van der Waals surface area contributed by atoms with Crippen LogP contribution in [-0.2, 0) is 9.53 Å². The van der Waals surface area contributed by atoms with Crippen LogP contribution >= 0.6 is 0 Å². The molecule has 1 aliphatic carbocycles. The van der Waals surface area contributed by atoms with Crippen molar-refractivity contribution in [3.8, 4) is 16.9 Å². The highest BCUT2D eigenvalue weighted by atomic mass is 19.4. The Morgan fingerprint density at radius 1 is 1.09 bits per heavy atom. The van der Waals surface area contributed by atoms with Crippen molar-refractivity contribution in [3.63, 3.8) is 0 Å². The first-order valence-corrected chi connectivity index (χ1v) is 11.8. The van der Waals surface area contributed by atoms with Crippen LogP contribution in [0, 0.1) is 5.41 Å². The third kappa shape index (κ3) is 4.87. The average molecular weight is 489 g/mol. The van der Waals surface area contributed by atoms with Gasteiger partial charge in [-0.1, -0.05) is 24.3 Å². The number of carboxylic acid groups (broad SMARTS) is 1. The highest BCUT2D eigenvalue weighted by Gasteiger charge is 2.55. The molecule has 6 nitrogen and oxygen atoms in total. The fourth-order valence-electron chi connectivity index (χ4n) is 5.52. The number of rotatable bonds is 5. The van der Waals surface area contributed by atoms with E-state index < -0.39 is 18.1 Å². The molecule has 3 aliphatic rings. The van der Waals surface area contributed by atoms with E-state index in [9.17, 15) is 27.9 Å². The average Bonchev–Trinajstić information content (AvgIpc) is 3.24. The number of aromatic carboxylic acids is 1. The lowest BCUT2D eigenvalue weighted by molar-refractivity contribution is -0.274. The first-order chi connectivity index (χ1) is 16.7. The van der Waals surface area contributed by atoms with E-state index in [4.69, 9.17) is 4.74 Å². The molecule has 1 N–H and O–H groups in total. The number of piperidine rings is 1. The maximum Gasteiger partial charge on any atom is 0.573 e. The Hall–Kier alpha value is -3.07. The van der Waals surface area contributed by atoms with Gasteiger partial charge in [0.1, 0.15) is 11.9 Å². The molecule has 2 saturated heterocycles. The summed E-state index contributed by atoms with van der Waals surface area (Å²) in [5, 5.41) is 9.27. The van der Waals surface area contributed by atoms with E-state index in [1.54, 1.807) is 12.1 Å². The first-order valence-electron chi connectivity index (χ1n) is 11.8. The Balaban J connectivity index is 1.29.